The van der Waals surface area contributed by atoms with Crippen molar-refractivity contribution >= 4 is 16.3 Å². The Morgan fingerprint density at radius 2 is 2.19 bits per heavy atom. The lowest BCUT2D eigenvalue weighted by molar-refractivity contribution is 0.659. The molecule has 0 saturated carbocycles. The molecule has 1 aromatic carbocycles. The van der Waals surface area contributed by atoms with Gasteiger partial charge in [-0.3, -0.25) is 0 Å². The van der Waals surface area contributed by atoms with E-state index < -0.39 is 0 Å². The van der Waals surface area contributed by atoms with Gasteiger partial charge in [0.15, 0.2) is 5.82 Å². The minimum atomic E-state index is 0.611. The zero-order valence-electron chi connectivity index (χ0n) is 12.1. The summed E-state index contributed by atoms with van der Waals surface area (Å²) in [6.07, 6.45) is 5.48. The van der Waals surface area contributed by atoms with E-state index in [0.717, 1.165) is 30.0 Å². The molecule has 0 amide bonds. The molecule has 0 spiro atoms. The third-order valence-electron chi connectivity index (χ3n) is 4.25. The first kappa shape index (κ1) is 13.0. The molecule has 0 radical (unpaired) electrons. The van der Waals surface area contributed by atoms with Crippen molar-refractivity contribution in [1.29, 1.82) is 0 Å². The highest BCUT2D eigenvalue weighted by Crippen LogP contribution is 2.35. The van der Waals surface area contributed by atoms with Gasteiger partial charge in [-0.15, -0.1) is 10.2 Å². The summed E-state index contributed by atoms with van der Waals surface area (Å²) in [5.74, 6) is 1.60. The highest BCUT2D eigenvalue weighted by atomic mass is 32.1. The van der Waals surface area contributed by atoms with Crippen molar-refractivity contribution in [1.82, 2.24) is 19.8 Å². The zero-order valence-corrected chi connectivity index (χ0v) is 12.9. The van der Waals surface area contributed by atoms with E-state index in [4.69, 9.17) is 5.10 Å². The number of aromatic nitrogens is 4. The molecule has 2 aromatic heterocycles. The molecular formula is C16H18N4S. The fourth-order valence-electron chi connectivity index (χ4n) is 3.23. The molecule has 21 heavy (non-hydrogen) atoms. The molecule has 0 bridgehead atoms. The van der Waals surface area contributed by atoms with Crippen molar-refractivity contribution < 1.29 is 0 Å². The van der Waals surface area contributed by atoms with Crippen LogP contribution in [-0.2, 0) is 19.3 Å². The van der Waals surface area contributed by atoms with E-state index >= 15 is 0 Å². The average Bonchev–Trinajstić information content (AvgIpc) is 3.17. The number of nitrogens with zero attached hydrogens (tertiary/aromatic N) is 4. The van der Waals surface area contributed by atoms with Gasteiger partial charge in [-0.2, -0.15) is 9.61 Å². The standard InChI is InChI=1S/C16H18N4S/c1-2-5-14-17-18-16-20(14)19-15(21-16)10-12-9-8-11-6-3-4-7-13(11)12/h3-4,6-7,12H,2,5,8-10H2,1H3. The first-order valence-electron chi connectivity index (χ1n) is 7.63. The minimum absolute atomic E-state index is 0.611. The van der Waals surface area contributed by atoms with E-state index in [1.807, 2.05) is 4.52 Å². The van der Waals surface area contributed by atoms with E-state index in [1.54, 1.807) is 11.3 Å². The lowest BCUT2D eigenvalue weighted by Crippen LogP contribution is -2.01. The first-order chi connectivity index (χ1) is 10.3. The molecule has 0 N–H and O–H groups in total. The number of hydrogen-bond donors (Lipinski definition) is 0. The van der Waals surface area contributed by atoms with Crippen LogP contribution in [0.3, 0.4) is 0 Å². The molecule has 5 heteroatoms. The van der Waals surface area contributed by atoms with Gasteiger partial charge in [-0.25, -0.2) is 0 Å². The summed E-state index contributed by atoms with van der Waals surface area (Å²) in [5.41, 5.74) is 3.02. The van der Waals surface area contributed by atoms with Gasteiger partial charge in [0.2, 0.25) is 4.96 Å². The molecule has 4 rings (SSSR count). The summed E-state index contributed by atoms with van der Waals surface area (Å²) >= 11 is 1.68. The number of rotatable bonds is 4. The van der Waals surface area contributed by atoms with Crippen LogP contribution in [0.1, 0.15) is 47.6 Å². The Hall–Kier alpha value is -1.75. The van der Waals surface area contributed by atoms with Crippen LogP contribution in [0.4, 0.5) is 0 Å². The van der Waals surface area contributed by atoms with Crippen molar-refractivity contribution in [2.24, 2.45) is 0 Å². The average molecular weight is 298 g/mol. The third kappa shape index (κ3) is 2.25. The third-order valence-corrected chi connectivity index (χ3v) is 5.17. The molecule has 108 valence electrons. The second-order valence-corrected chi connectivity index (χ2v) is 6.74. The number of hydrogen-bond acceptors (Lipinski definition) is 4. The highest BCUT2D eigenvalue weighted by molar-refractivity contribution is 7.16. The van der Waals surface area contributed by atoms with Gasteiger partial charge in [0, 0.05) is 12.8 Å². The smallest absolute Gasteiger partial charge is 0.187 e. The molecule has 2 heterocycles. The van der Waals surface area contributed by atoms with Crippen LogP contribution in [0.2, 0.25) is 0 Å². The van der Waals surface area contributed by atoms with E-state index in [-0.39, 0.29) is 0 Å². The van der Waals surface area contributed by atoms with Crippen LogP contribution in [0, 0.1) is 0 Å². The van der Waals surface area contributed by atoms with E-state index in [2.05, 4.69) is 41.4 Å². The Labute approximate surface area is 127 Å². The Morgan fingerprint density at radius 1 is 1.29 bits per heavy atom. The van der Waals surface area contributed by atoms with Crippen molar-refractivity contribution in [3.05, 3.63) is 46.2 Å². The molecular weight excluding hydrogens is 280 g/mol. The summed E-state index contributed by atoms with van der Waals surface area (Å²) in [4.78, 5) is 0.930. The first-order valence-corrected chi connectivity index (χ1v) is 8.44. The number of benzene rings is 1. The highest BCUT2D eigenvalue weighted by Gasteiger charge is 2.24. The van der Waals surface area contributed by atoms with Crippen molar-refractivity contribution in [3.8, 4) is 0 Å². The SMILES string of the molecule is CCCc1nnc2sc(CC3CCc4ccccc43)nn12. The van der Waals surface area contributed by atoms with Crippen LogP contribution in [-0.4, -0.2) is 19.8 Å². The number of fused-ring (bicyclic) bond motifs is 2. The predicted octanol–water partition coefficient (Wildman–Crippen LogP) is 3.41. The molecule has 1 atom stereocenters. The summed E-state index contributed by atoms with van der Waals surface area (Å²) in [5, 5.41) is 14.4. The summed E-state index contributed by atoms with van der Waals surface area (Å²) in [6, 6.07) is 8.82. The Morgan fingerprint density at radius 3 is 3.10 bits per heavy atom. The number of aryl methyl sites for hydroxylation is 2. The van der Waals surface area contributed by atoms with Gasteiger partial charge in [-0.05, 0) is 36.3 Å². The van der Waals surface area contributed by atoms with Crippen molar-refractivity contribution in [2.75, 3.05) is 0 Å². The lowest BCUT2D eigenvalue weighted by Gasteiger charge is -2.08. The second kappa shape index (κ2) is 5.22. The van der Waals surface area contributed by atoms with Crippen LogP contribution < -0.4 is 0 Å². The quantitative estimate of drug-likeness (QED) is 0.741. The Bertz CT molecular complexity index is 774. The maximum absolute atomic E-state index is 4.74. The summed E-state index contributed by atoms with van der Waals surface area (Å²) < 4.78 is 1.93. The van der Waals surface area contributed by atoms with Crippen molar-refractivity contribution in [3.63, 3.8) is 0 Å². The Balaban J connectivity index is 1.60. The zero-order chi connectivity index (χ0) is 14.2. The Kier molecular flexibility index (Phi) is 3.22. The van der Waals surface area contributed by atoms with Gasteiger partial charge in [0.1, 0.15) is 5.01 Å². The normalized spacial score (nSPS) is 17.5. The largest absolute Gasteiger partial charge is 0.234 e. The van der Waals surface area contributed by atoms with Gasteiger partial charge >= 0.3 is 0 Å². The maximum Gasteiger partial charge on any atom is 0.234 e. The monoisotopic (exact) mass is 298 g/mol. The minimum Gasteiger partial charge on any atom is -0.187 e. The molecule has 3 aromatic rings. The van der Waals surface area contributed by atoms with E-state index in [0.29, 0.717) is 5.92 Å². The molecule has 0 fully saturated rings. The van der Waals surface area contributed by atoms with E-state index in [1.165, 1.54) is 29.0 Å². The molecule has 1 aliphatic rings. The fraction of sp³-hybridized carbons (Fsp3) is 0.438. The molecule has 0 saturated heterocycles. The maximum atomic E-state index is 4.74. The molecule has 1 unspecified atom stereocenters. The molecule has 4 nitrogen and oxygen atoms in total. The van der Waals surface area contributed by atoms with Crippen LogP contribution in [0.15, 0.2) is 24.3 Å². The fourth-order valence-corrected chi connectivity index (χ4v) is 4.16. The molecule has 1 aliphatic carbocycles. The van der Waals surface area contributed by atoms with Crippen molar-refractivity contribution in [2.45, 2.75) is 44.9 Å². The lowest BCUT2D eigenvalue weighted by atomic mass is 9.98. The topological polar surface area (TPSA) is 43.1 Å². The van der Waals surface area contributed by atoms with Gasteiger partial charge in [0.05, 0.1) is 0 Å². The summed E-state index contributed by atoms with van der Waals surface area (Å²) in [7, 11) is 0. The summed E-state index contributed by atoms with van der Waals surface area (Å²) in [6.45, 7) is 2.16. The molecule has 0 aliphatic heterocycles. The van der Waals surface area contributed by atoms with Gasteiger partial charge in [-0.1, -0.05) is 42.5 Å². The van der Waals surface area contributed by atoms with Gasteiger partial charge in [0.25, 0.3) is 0 Å². The van der Waals surface area contributed by atoms with E-state index in [9.17, 15) is 0 Å². The van der Waals surface area contributed by atoms with Gasteiger partial charge < -0.3 is 0 Å². The van der Waals surface area contributed by atoms with Crippen LogP contribution in [0.25, 0.3) is 4.96 Å². The van der Waals surface area contributed by atoms with Crippen LogP contribution >= 0.6 is 11.3 Å². The van der Waals surface area contributed by atoms with Crippen LogP contribution in [0.5, 0.6) is 0 Å². The second-order valence-electron chi connectivity index (χ2n) is 5.69. The predicted molar refractivity (Wildman–Crippen MR) is 83.9 cm³/mol.